The fraction of sp³-hybridized carbons (Fsp3) is 0.518. The largest absolute Gasteiger partial charge is 0.507 e. The van der Waals surface area contributed by atoms with E-state index >= 15 is 0 Å². The Hall–Kier alpha value is -6.53. The minimum atomic E-state index is -0.968. The van der Waals surface area contributed by atoms with E-state index in [1.807, 2.05) is 87.8 Å². The number of benzene rings is 2. The lowest BCUT2D eigenvalue weighted by molar-refractivity contribution is -0.144. The zero-order chi connectivity index (χ0) is 55.0. The van der Waals surface area contributed by atoms with Crippen LogP contribution in [-0.2, 0) is 44.6 Å². The number of nitrogen functional groups attached to an aromatic ring is 1. The van der Waals surface area contributed by atoms with Gasteiger partial charge < -0.3 is 69.7 Å². The maximum atomic E-state index is 14.0. The van der Waals surface area contributed by atoms with Gasteiger partial charge in [-0.25, -0.2) is 9.97 Å². The van der Waals surface area contributed by atoms with Gasteiger partial charge in [0.15, 0.2) is 5.82 Å². The van der Waals surface area contributed by atoms with Crippen molar-refractivity contribution >= 4 is 46.3 Å². The topological polar surface area (TPSA) is 258 Å². The van der Waals surface area contributed by atoms with Gasteiger partial charge in [-0.15, -0.1) is 21.5 Å². The molecule has 0 spiro atoms. The van der Waals surface area contributed by atoms with Crippen LogP contribution in [0.1, 0.15) is 51.3 Å². The number of rotatable bonds is 27. The first-order valence-electron chi connectivity index (χ1n) is 26.7. The molecule has 6 N–H and O–H groups in total. The Morgan fingerprint density at radius 2 is 1.51 bits per heavy atom. The van der Waals surface area contributed by atoms with Crippen LogP contribution < -0.4 is 30.9 Å². The zero-order valence-electron chi connectivity index (χ0n) is 45.0. The lowest BCUT2D eigenvalue weighted by Gasteiger charge is -2.38. The molecule has 4 fully saturated rings. The molecule has 3 amide bonds. The Labute approximate surface area is 459 Å². The normalized spacial score (nSPS) is 18.7. The summed E-state index contributed by atoms with van der Waals surface area (Å²) in [5.41, 5.74) is 13.5. The van der Waals surface area contributed by atoms with E-state index < -0.39 is 35.4 Å². The van der Waals surface area contributed by atoms with Gasteiger partial charge >= 0.3 is 0 Å². The van der Waals surface area contributed by atoms with Crippen molar-refractivity contribution in [2.24, 2.45) is 11.3 Å². The highest BCUT2D eigenvalue weighted by molar-refractivity contribution is 7.13. The van der Waals surface area contributed by atoms with E-state index in [0.29, 0.717) is 81.7 Å². The second kappa shape index (κ2) is 27.9. The molecule has 5 atom stereocenters. The molecule has 4 aliphatic heterocycles. The fourth-order valence-corrected chi connectivity index (χ4v) is 10.8. The SMILES string of the molecule is Cc1ncsc1-c1ccc(CNC(=O)[C@@H]2C[C@@H](O)CN2C(=O)[C@@H](NC(=O)COCCOCCOCCOCCOCCOc2cc(N3CC4CCC3CN(c3cc(-c5ccccc5O)nnc3N)C4)ccn2)C(C)(C)C)cc1. The molecule has 4 aliphatic rings. The van der Waals surface area contributed by atoms with Gasteiger partial charge in [-0.2, -0.15) is 0 Å². The number of aromatic hydroxyl groups is 1. The number of likely N-dealkylation sites (tertiary alicyclic amines) is 1. The van der Waals surface area contributed by atoms with Crippen LogP contribution in [-0.4, -0.2) is 176 Å². The number of hydrogen-bond donors (Lipinski definition) is 5. The van der Waals surface area contributed by atoms with Gasteiger partial charge in [0.05, 0.1) is 93.0 Å². The molecule has 3 aromatic heterocycles. The number of hydrogen-bond acceptors (Lipinski definition) is 19. The van der Waals surface area contributed by atoms with Gasteiger partial charge in [-0.3, -0.25) is 14.4 Å². The van der Waals surface area contributed by atoms with Gasteiger partial charge in [-0.05, 0) is 66.5 Å². The Bertz CT molecular complexity index is 2750. The number of piperidine rings is 1. The minimum absolute atomic E-state index is 0.0192. The number of aliphatic hydroxyl groups is 1. The maximum Gasteiger partial charge on any atom is 0.246 e. The van der Waals surface area contributed by atoms with Crippen molar-refractivity contribution in [1.29, 1.82) is 0 Å². The molecule has 0 aliphatic carbocycles. The molecule has 0 saturated carbocycles. The molecule has 5 aromatic rings. The summed E-state index contributed by atoms with van der Waals surface area (Å²) in [5, 5.41) is 35.3. The van der Waals surface area contributed by atoms with E-state index in [0.717, 1.165) is 65.5 Å². The Balaban J connectivity index is 0.642. The zero-order valence-corrected chi connectivity index (χ0v) is 45.8. The molecule has 9 rings (SSSR count). The van der Waals surface area contributed by atoms with Gasteiger partial charge in [0.1, 0.15) is 31.0 Å². The highest BCUT2D eigenvalue weighted by Crippen LogP contribution is 2.38. The number of nitrogens with one attached hydrogen (secondary N) is 2. The summed E-state index contributed by atoms with van der Waals surface area (Å²) >= 11 is 1.57. The summed E-state index contributed by atoms with van der Waals surface area (Å²) in [7, 11) is 0. The van der Waals surface area contributed by atoms with Crippen LogP contribution in [0.15, 0.2) is 78.4 Å². The number of fused-ring (bicyclic) bond motifs is 4. The van der Waals surface area contributed by atoms with Crippen molar-refractivity contribution in [3.63, 3.8) is 0 Å². The number of pyridine rings is 1. The fourth-order valence-electron chi connectivity index (χ4n) is 9.95. The van der Waals surface area contributed by atoms with Crippen molar-refractivity contribution < 1.29 is 53.0 Å². The number of ether oxygens (including phenoxy) is 6. The van der Waals surface area contributed by atoms with E-state index in [1.165, 1.54) is 4.90 Å². The molecule has 78 heavy (non-hydrogen) atoms. The summed E-state index contributed by atoms with van der Waals surface area (Å²) in [6.07, 6.45) is 3.16. The van der Waals surface area contributed by atoms with Crippen LogP contribution in [0.2, 0.25) is 0 Å². The average Bonchev–Trinajstić information content (AvgIpc) is 4.00. The molecule has 4 saturated heterocycles. The number of carbonyl (C=O) groups excluding carboxylic acids is 3. The smallest absolute Gasteiger partial charge is 0.246 e. The number of aromatic nitrogens is 4. The van der Waals surface area contributed by atoms with Crippen molar-refractivity contribution in [1.82, 2.24) is 35.7 Å². The van der Waals surface area contributed by atoms with Crippen molar-refractivity contribution in [2.45, 2.75) is 77.7 Å². The summed E-state index contributed by atoms with van der Waals surface area (Å²) in [5.74, 6) is 0.164. The molecule has 2 bridgehead atoms. The predicted molar refractivity (Wildman–Crippen MR) is 295 cm³/mol. The number of β-amino-alcohol motifs (C(OH)–C–C–N with tert-alkyl or cyclic N) is 1. The minimum Gasteiger partial charge on any atom is -0.507 e. The highest BCUT2D eigenvalue weighted by atomic mass is 32.1. The molecular weight excluding hydrogens is 1020 g/mol. The third-order valence-electron chi connectivity index (χ3n) is 14.0. The Morgan fingerprint density at radius 3 is 2.19 bits per heavy atom. The van der Waals surface area contributed by atoms with Crippen LogP contribution in [0.4, 0.5) is 17.2 Å². The summed E-state index contributed by atoms with van der Waals surface area (Å²) < 4.78 is 34.0. The van der Waals surface area contributed by atoms with Crippen molar-refractivity contribution in [2.75, 3.05) is 114 Å². The first-order chi connectivity index (χ1) is 37.7. The molecule has 21 nitrogen and oxygen atoms in total. The van der Waals surface area contributed by atoms with Gasteiger partial charge in [-0.1, -0.05) is 57.2 Å². The molecule has 2 unspecified atom stereocenters. The van der Waals surface area contributed by atoms with Crippen LogP contribution >= 0.6 is 11.3 Å². The van der Waals surface area contributed by atoms with E-state index in [2.05, 4.69) is 40.6 Å². The monoisotopic (exact) mass is 1090 g/mol. The third-order valence-corrected chi connectivity index (χ3v) is 15.0. The molecule has 0 radical (unpaired) electrons. The van der Waals surface area contributed by atoms with Gasteiger partial charge in [0.2, 0.25) is 23.6 Å². The second-order valence-electron chi connectivity index (χ2n) is 20.8. The maximum absolute atomic E-state index is 14.0. The Kier molecular flexibility index (Phi) is 20.6. The number of aryl methyl sites for hydroxylation is 1. The van der Waals surface area contributed by atoms with E-state index in [9.17, 15) is 24.6 Å². The van der Waals surface area contributed by atoms with Crippen molar-refractivity contribution in [3.05, 3.63) is 89.7 Å². The Morgan fingerprint density at radius 1 is 0.821 bits per heavy atom. The first kappa shape index (κ1) is 57.6. The number of phenolic OH excluding ortho intramolecular Hbond substituents is 1. The molecule has 22 heteroatoms. The number of nitrogens with zero attached hydrogens (tertiary/aromatic N) is 7. The number of aliphatic hydroxyl groups excluding tert-OH is 1. The average molecular weight is 1100 g/mol. The van der Waals surface area contributed by atoms with E-state index in [1.54, 1.807) is 29.7 Å². The number of nitrogens with two attached hydrogens (primary N) is 1. The third kappa shape index (κ3) is 15.8. The quantitative estimate of drug-likeness (QED) is 0.0449. The standard InChI is InChI=1S/C56H74N10O11S/c1-37-51(78-36-60-37)40-12-9-38(10-13-40)30-59-54(70)47-28-43(67)34-66(47)55(71)52(56(2,3)4)61-49(69)35-76-24-23-74-20-19-72-17-18-73-21-22-75-25-26-77-50-27-41(15-16-58-50)65-32-39-11-14-42(65)33-64(31-39)46-29-45(62-63-53(46)57)44-7-5-6-8-48(44)68/h5-10,12-13,15-16,27,29,36,39,42-43,47,52,67-68H,11,14,17-26,28,30-35H2,1-4H3,(H2,57,63)(H,59,70)(H,61,69)/t39?,42?,43-,47+,52-/m1/s1. The molecule has 420 valence electrons. The number of phenols is 1. The summed E-state index contributed by atoms with van der Waals surface area (Å²) in [6.45, 7) is 13.3. The van der Waals surface area contributed by atoms with Gasteiger partial charge in [0, 0.05) is 68.7 Å². The molecule has 2 aromatic carbocycles. The van der Waals surface area contributed by atoms with Crippen molar-refractivity contribution in [3.8, 4) is 33.3 Å². The van der Waals surface area contributed by atoms with Crippen LogP contribution in [0.5, 0.6) is 11.6 Å². The predicted octanol–water partition coefficient (Wildman–Crippen LogP) is 4.63. The lowest BCUT2D eigenvalue weighted by Crippen LogP contribution is -2.58. The van der Waals surface area contributed by atoms with Crippen LogP contribution in [0.3, 0.4) is 0 Å². The highest BCUT2D eigenvalue weighted by Gasteiger charge is 2.44. The number of thiazole rings is 1. The van der Waals surface area contributed by atoms with Crippen LogP contribution in [0.25, 0.3) is 21.7 Å². The lowest BCUT2D eigenvalue weighted by atomic mass is 9.85. The molecule has 7 heterocycles. The van der Waals surface area contributed by atoms with E-state index in [-0.39, 0.29) is 57.0 Å². The summed E-state index contributed by atoms with van der Waals surface area (Å²) in [4.78, 5) is 56.3. The first-order valence-corrected chi connectivity index (χ1v) is 27.6. The molecular formula is C56H74N10O11S. The number of amides is 3. The number of para-hydroxylation sites is 1. The van der Waals surface area contributed by atoms with E-state index in [4.69, 9.17) is 34.2 Å². The number of anilines is 3. The van der Waals surface area contributed by atoms with Gasteiger partial charge in [0.25, 0.3) is 0 Å². The van der Waals surface area contributed by atoms with Crippen LogP contribution in [0, 0.1) is 18.3 Å². The number of carbonyl (C=O) groups is 3. The second-order valence-corrected chi connectivity index (χ2v) is 21.7. The summed E-state index contributed by atoms with van der Waals surface area (Å²) in [6, 6.07) is 19.3.